The molecule has 3 nitrogen and oxygen atoms in total. The Morgan fingerprint density at radius 2 is 2.20 bits per heavy atom. The minimum Gasteiger partial charge on any atom is -0.326 e. The molecule has 3 heteroatoms. The molecule has 2 heterocycles. The van der Waals surface area contributed by atoms with Crippen molar-refractivity contribution in [3.8, 4) is 0 Å². The van der Waals surface area contributed by atoms with Crippen molar-refractivity contribution in [2.45, 2.75) is 32.2 Å². The molecule has 0 atom stereocenters. The lowest BCUT2D eigenvalue weighted by Crippen LogP contribution is -2.32. The Morgan fingerprint density at radius 1 is 1.40 bits per heavy atom. The zero-order chi connectivity index (χ0) is 10.9. The van der Waals surface area contributed by atoms with Crippen LogP contribution in [0.2, 0.25) is 0 Å². The maximum absolute atomic E-state index is 5.96. The topological polar surface area (TPSA) is 43.3 Å². The summed E-state index contributed by atoms with van der Waals surface area (Å²) in [6, 6.07) is 6.10. The van der Waals surface area contributed by atoms with Crippen molar-refractivity contribution >= 4 is 5.52 Å². The first-order chi connectivity index (χ1) is 7.06. The molecule has 0 saturated heterocycles. The lowest BCUT2D eigenvalue weighted by Gasteiger charge is -2.17. The molecule has 0 aliphatic rings. The number of rotatable bonds is 3. The van der Waals surface area contributed by atoms with Gasteiger partial charge in [-0.05, 0) is 32.4 Å². The van der Waals surface area contributed by atoms with Gasteiger partial charge in [-0.3, -0.25) is 0 Å². The van der Waals surface area contributed by atoms with Crippen molar-refractivity contribution in [3.05, 3.63) is 36.4 Å². The Morgan fingerprint density at radius 3 is 2.93 bits per heavy atom. The second-order valence-corrected chi connectivity index (χ2v) is 4.66. The monoisotopic (exact) mass is 203 g/mol. The van der Waals surface area contributed by atoms with Gasteiger partial charge in [0.1, 0.15) is 5.82 Å². The van der Waals surface area contributed by atoms with Crippen LogP contribution in [0.4, 0.5) is 0 Å². The Balaban J connectivity index is 2.22. The van der Waals surface area contributed by atoms with Crippen LogP contribution < -0.4 is 5.73 Å². The summed E-state index contributed by atoms with van der Waals surface area (Å²) in [6.45, 7) is 4.09. The maximum Gasteiger partial charge on any atom is 0.113 e. The van der Waals surface area contributed by atoms with E-state index in [4.69, 9.17) is 5.73 Å². The molecule has 0 fully saturated rings. The minimum atomic E-state index is -0.124. The van der Waals surface area contributed by atoms with Crippen LogP contribution in [0.3, 0.4) is 0 Å². The van der Waals surface area contributed by atoms with Gasteiger partial charge in [0.05, 0.1) is 11.7 Å². The van der Waals surface area contributed by atoms with Gasteiger partial charge in [-0.15, -0.1) is 0 Å². The number of pyridine rings is 1. The summed E-state index contributed by atoms with van der Waals surface area (Å²) in [7, 11) is 0. The van der Waals surface area contributed by atoms with E-state index in [0.717, 1.165) is 24.2 Å². The Kier molecular flexibility index (Phi) is 2.49. The van der Waals surface area contributed by atoms with E-state index in [2.05, 4.69) is 15.5 Å². The lowest BCUT2D eigenvalue weighted by molar-refractivity contribution is 0.470. The molecule has 0 radical (unpaired) electrons. The van der Waals surface area contributed by atoms with E-state index in [0.29, 0.717) is 0 Å². The fourth-order valence-electron chi connectivity index (χ4n) is 1.62. The Labute approximate surface area is 89.9 Å². The van der Waals surface area contributed by atoms with Crippen LogP contribution in [-0.4, -0.2) is 14.9 Å². The maximum atomic E-state index is 5.96. The fraction of sp³-hybridized carbons (Fsp3) is 0.417. The fourth-order valence-corrected chi connectivity index (χ4v) is 1.62. The normalized spacial score (nSPS) is 12.2. The molecule has 0 amide bonds. The van der Waals surface area contributed by atoms with Gasteiger partial charge < -0.3 is 10.1 Å². The first-order valence-corrected chi connectivity index (χ1v) is 5.26. The van der Waals surface area contributed by atoms with Gasteiger partial charge in [0.2, 0.25) is 0 Å². The number of imidazole rings is 1. The van der Waals surface area contributed by atoms with Crippen molar-refractivity contribution < 1.29 is 0 Å². The van der Waals surface area contributed by atoms with E-state index < -0.39 is 0 Å². The molecule has 0 aliphatic heterocycles. The predicted molar refractivity (Wildman–Crippen MR) is 61.8 cm³/mol. The van der Waals surface area contributed by atoms with Crippen molar-refractivity contribution in [3.63, 3.8) is 0 Å². The first-order valence-electron chi connectivity index (χ1n) is 5.26. The highest BCUT2D eigenvalue weighted by Gasteiger charge is 2.12. The second kappa shape index (κ2) is 3.66. The van der Waals surface area contributed by atoms with Gasteiger partial charge in [-0.25, -0.2) is 4.98 Å². The average Bonchev–Trinajstić information content (AvgIpc) is 2.57. The molecule has 15 heavy (non-hydrogen) atoms. The summed E-state index contributed by atoms with van der Waals surface area (Å²) in [5, 5.41) is 0. The van der Waals surface area contributed by atoms with Crippen molar-refractivity contribution in [2.75, 3.05) is 0 Å². The Bertz CT molecular complexity index is 451. The smallest absolute Gasteiger partial charge is 0.113 e. The summed E-state index contributed by atoms with van der Waals surface area (Å²) < 4.78 is 2.12. The van der Waals surface area contributed by atoms with Crippen LogP contribution in [0.15, 0.2) is 30.6 Å². The third-order valence-corrected chi connectivity index (χ3v) is 2.51. The van der Waals surface area contributed by atoms with Crippen LogP contribution in [0.25, 0.3) is 5.52 Å². The largest absolute Gasteiger partial charge is 0.326 e. The van der Waals surface area contributed by atoms with Gasteiger partial charge >= 0.3 is 0 Å². The van der Waals surface area contributed by atoms with Crippen LogP contribution >= 0.6 is 0 Å². The zero-order valence-corrected chi connectivity index (χ0v) is 9.27. The number of nitrogens with zero attached hydrogens (tertiary/aromatic N) is 2. The predicted octanol–water partition coefficient (Wildman–Crippen LogP) is 2.00. The number of nitrogens with two attached hydrogens (primary N) is 1. The van der Waals surface area contributed by atoms with E-state index >= 15 is 0 Å². The van der Waals surface area contributed by atoms with Crippen LogP contribution in [-0.2, 0) is 6.42 Å². The standard InChI is InChI=1S/C12H17N3/c1-12(2,13)7-6-11-14-9-10-5-3-4-8-15(10)11/h3-5,8-9H,6-7,13H2,1-2H3. The van der Waals surface area contributed by atoms with E-state index in [1.54, 1.807) is 0 Å². The summed E-state index contributed by atoms with van der Waals surface area (Å²) in [4.78, 5) is 4.41. The SMILES string of the molecule is CC(C)(N)CCc1ncc2ccccn12. The average molecular weight is 203 g/mol. The summed E-state index contributed by atoms with van der Waals surface area (Å²) >= 11 is 0. The molecule has 0 aromatic carbocycles. The Hall–Kier alpha value is -1.35. The van der Waals surface area contributed by atoms with Crippen LogP contribution in [0.1, 0.15) is 26.1 Å². The quantitative estimate of drug-likeness (QED) is 0.829. The molecule has 2 N–H and O–H groups in total. The van der Waals surface area contributed by atoms with Gasteiger partial charge in [0.15, 0.2) is 0 Å². The highest BCUT2D eigenvalue weighted by Crippen LogP contribution is 2.12. The molecule has 2 aromatic rings. The van der Waals surface area contributed by atoms with Crippen molar-refractivity contribution in [1.82, 2.24) is 9.38 Å². The summed E-state index contributed by atoms with van der Waals surface area (Å²) in [6.07, 6.45) is 5.81. The second-order valence-electron chi connectivity index (χ2n) is 4.66. The highest BCUT2D eigenvalue weighted by atomic mass is 15.0. The van der Waals surface area contributed by atoms with E-state index in [1.807, 2.05) is 38.4 Å². The lowest BCUT2D eigenvalue weighted by atomic mass is 10.00. The van der Waals surface area contributed by atoms with Crippen molar-refractivity contribution in [2.24, 2.45) is 5.73 Å². The summed E-state index contributed by atoms with van der Waals surface area (Å²) in [5.74, 6) is 1.09. The minimum absolute atomic E-state index is 0.124. The van der Waals surface area contributed by atoms with Crippen molar-refractivity contribution in [1.29, 1.82) is 0 Å². The molecule has 80 valence electrons. The number of hydrogen-bond acceptors (Lipinski definition) is 2. The van der Waals surface area contributed by atoms with Crippen LogP contribution in [0, 0.1) is 0 Å². The molecular formula is C12H17N3. The molecular weight excluding hydrogens is 186 g/mol. The molecule has 0 spiro atoms. The number of fused-ring (bicyclic) bond motifs is 1. The third-order valence-electron chi connectivity index (χ3n) is 2.51. The van der Waals surface area contributed by atoms with Crippen LogP contribution in [0.5, 0.6) is 0 Å². The number of hydrogen-bond donors (Lipinski definition) is 1. The zero-order valence-electron chi connectivity index (χ0n) is 9.27. The number of aromatic nitrogens is 2. The molecule has 0 unspecified atom stereocenters. The molecule has 0 aliphatic carbocycles. The summed E-state index contributed by atoms with van der Waals surface area (Å²) in [5.41, 5.74) is 6.98. The van der Waals surface area contributed by atoms with Gasteiger partial charge in [-0.1, -0.05) is 6.07 Å². The first kappa shape index (κ1) is 10.2. The van der Waals surface area contributed by atoms with Gasteiger partial charge in [-0.2, -0.15) is 0 Å². The van der Waals surface area contributed by atoms with E-state index in [-0.39, 0.29) is 5.54 Å². The van der Waals surface area contributed by atoms with Gasteiger partial charge in [0, 0.05) is 18.2 Å². The molecule has 0 bridgehead atoms. The highest BCUT2D eigenvalue weighted by molar-refractivity contribution is 5.45. The molecule has 0 saturated carbocycles. The molecule has 2 rings (SSSR count). The molecule has 2 aromatic heterocycles. The van der Waals surface area contributed by atoms with E-state index in [9.17, 15) is 0 Å². The third kappa shape index (κ3) is 2.36. The number of aryl methyl sites for hydroxylation is 1. The van der Waals surface area contributed by atoms with E-state index in [1.165, 1.54) is 0 Å². The van der Waals surface area contributed by atoms with Gasteiger partial charge in [0.25, 0.3) is 0 Å².